The first-order valence-corrected chi connectivity index (χ1v) is 10.6. The summed E-state index contributed by atoms with van der Waals surface area (Å²) < 4.78 is 2.10. The number of aromatic nitrogens is 4. The van der Waals surface area contributed by atoms with Crippen LogP contribution in [0.5, 0.6) is 0 Å². The Morgan fingerprint density at radius 3 is 2.59 bits per heavy atom. The average molecular weight is 402 g/mol. The van der Waals surface area contributed by atoms with Crippen molar-refractivity contribution in [3.8, 4) is 11.4 Å². The number of aryl methyl sites for hydroxylation is 2. The van der Waals surface area contributed by atoms with E-state index in [1.165, 1.54) is 28.7 Å². The molecule has 0 aliphatic rings. The van der Waals surface area contributed by atoms with Gasteiger partial charge in [-0.3, -0.25) is 4.79 Å². The highest BCUT2D eigenvalue weighted by atomic mass is 32.2. The number of carbonyl (C=O) groups excluding carboxylic acids is 1. The van der Waals surface area contributed by atoms with Crippen molar-refractivity contribution in [1.82, 2.24) is 19.7 Å². The number of carbonyl (C=O) groups is 1. The first-order chi connectivity index (χ1) is 12.9. The minimum Gasteiger partial charge on any atom is -0.302 e. The van der Waals surface area contributed by atoms with Crippen molar-refractivity contribution in [3.63, 3.8) is 0 Å². The molecule has 2 aromatic heterocycles. The molecular formula is C19H23N5OS2. The van der Waals surface area contributed by atoms with Crippen molar-refractivity contribution in [3.05, 3.63) is 40.9 Å². The second-order valence-corrected chi connectivity index (χ2v) is 8.61. The van der Waals surface area contributed by atoms with Gasteiger partial charge in [0.1, 0.15) is 0 Å². The predicted molar refractivity (Wildman–Crippen MR) is 111 cm³/mol. The van der Waals surface area contributed by atoms with Crippen molar-refractivity contribution in [2.45, 2.75) is 39.4 Å². The molecule has 0 unspecified atom stereocenters. The fourth-order valence-corrected chi connectivity index (χ4v) is 3.99. The first-order valence-electron chi connectivity index (χ1n) is 8.77. The van der Waals surface area contributed by atoms with Gasteiger partial charge in [-0.25, -0.2) is 4.98 Å². The van der Waals surface area contributed by atoms with Crippen molar-refractivity contribution in [1.29, 1.82) is 0 Å². The third-order valence-electron chi connectivity index (χ3n) is 3.77. The van der Waals surface area contributed by atoms with Crippen LogP contribution in [0.4, 0.5) is 5.13 Å². The number of nitrogens with zero attached hydrogens (tertiary/aromatic N) is 4. The highest BCUT2D eigenvalue weighted by molar-refractivity contribution is 7.99. The standard InChI is InChI=1S/C19H23N5OS2/c1-12(2)9-24-17(15-7-5-13(3)6-8-15)22-23-19(24)27-11-16(25)21-18-20-14(4)10-26-18/h5-8,10,12H,9,11H2,1-4H3,(H,20,21,25). The fourth-order valence-electron chi connectivity index (χ4n) is 2.54. The van der Waals surface area contributed by atoms with Crippen molar-refractivity contribution < 1.29 is 4.79 Å². The van der Waals surface area contributed by atoms with Crippen LogP contribution in [-0.4, -0.2) is 31.4 Å². The van der Waals surface area contributed by atoms with Gasteiger partial charge in [0, 0.05) is 17.5 Å². The molecule has 6 nitrogen and oxygen atoms in total. The highest BCUT2D eigenvalue weighted by Crippen LogP contribution is 2.26. The molecule has 0 aliphatic carbocycles. The lowest BCUT2D eigenvalue weighted by molar-refractivity contribution is -0.113. The normalized spacial score (nSPS) is 11.1. The van der Waals surface area contributed by atoms with E-state index in [1.807, 2.05) is 12.3 Å². The number of anilines is 1. The molecular weight excluding hydrogens is 378 g/mol. The predicted octanol–water partition coefficient (Wildman–Crippen LogP) is 4.41. The van der Waals surface area contributed by atoms with Gasteiger partial charge < -0.3 is 9.88 Å². The number of hydrogen-bond donors (Lipinski definition) is 1. The van der Waals surface area contributed by atoms with Gasteiger partial charge in [0.2, 0.25) is 5.91 Å². The molecule has 0 fully saturated rings. The Hall–Kier alpha value is -2.19. The molecule has 1 aromatic carbocycles. The number of benzene rings is 1. The first kappa shape index (κ1) is 19.6. The molecule has 3 aromatic rings. The molecule has 0 saturated carbocycles. The van der Waals surface area contributed by atoms with Crippen molar-refractivity contribution in [2.75, 3.05) is 11.1 Å². The van der Waals surface area contributed by atoms with Crippen LogP contribution in [0.3, 0.4) is 0 Å². The maximum absolute atomic E-state index is 12.2. The Balaban J connectivity index is 1.74. The maximum atomic E-state index is 12.2. The fraction of sp³-hybridized carbons (Fsp3) is 0.368. The maximum Gasteiger partial charge on any atom is 0.236 e. The lowest BCUT2D eigenvalue weighted by Crippen LogP contribution is -2.15. The van der Waals surface area contributed by atoms with Crippen LogP contribution in [0.2, 0.25) is 0 Å². The molecule has 0 spiro atoms. The minimum absolute atomic E-state index is 0.0923. The number of thioether (sulfide) groups is 1. The molecule has 27 heavy (non-hydrogen) atoms. The van der Waals surface area contributed by atoms with Crippen LogP contribution in [0, 0.1) is 19.8 Å². The average Bonchev–Trinajstić information content (AvgIpc) is 3.19. The summed E-state index contributed by atoms with van der Waals surface area (Å²) in [6.45, 7) is 9.08. The van der Waals surface area contributed by atoms with E-state index in [1.54, 1.807) is 0 Å². The summed E-state index contributed by atoms with van der Waals surface area (Å²) in [6, 6.07) is 8.25. The second-order valence-electron chi connectivity index (χ2n) is 6.81. The van der Waals surface area contributed by atoms with Crippen LogP contribution in [0.15, 0.2) is 34.8 Å². The molecule has 0 saturated heterocycles. The molecule has 8 heteroatoms. The largest absolute Gasteiger partial charge is 0.302 e. The van der Waals surface area contributed by atoms with Gasteiger partial charge >= 0.3 is 0 Å². The zero-order valence-electron chi connectivity index (χ0n) is 15.9. The lowest BCUT2D eigenvalue weighted by Gasteiger charge is -2.12. The number of amides is 1. The minimum atomic E-state index is -0.0923. The van der Waals surface area contributed by atoms with E-state index in [0.29, 0.717) is 11.0 Å². The molecule has 0 atom stereocenters. The Labute approximate surface area is 167 Å². The Morgan fingerprint density at radius 2 is 1.96 bits per heavy atom. The van der Waals surface area contributed by atoms with Gasteiger partial charge in [0.25, 0.3) is 0 Å². The summed E-state index contributed by atoms with van der Waals surface area (Å²) in [6.07, 6.45) is 0. The van der Waals surface area contributed by atoms with E-state index >= 15 is 0 Å². The quantitative estimate of drug-likeness (QED) is 0.594. The number of nitrogens with one attached hydrogen (secondary N) is 1. The highest BCUT2D eigenvalue weighted by Gasteiger charge is 2.17. The van der Waals surface area contributed by atoms with Crippen molar-refractivity contribution >= 4 is 34.1 Å². The Kier molecular flexibility index (Phi) is 6.28. The Morgan fingerprint density at radius 1 is 1.22 bits per heavy atom. The number of hydrogen-bond acceptors (Lipinski definition) is 6. The molecule has 0 bridgehead atoms. The monoisotopic (exact) mass is 401 g/mol. The third kappa shape index (κ3) is 5.17. The van der Waals surface area contributed by atoms with Crippen LogP contribution in [0.25, 0.3) is 11.4 Å². The molecule has 142 valence electrons. The van der Waals surface area contributed by atoms with Crippen LogP contribution in [-0.2, 0) is 11.3 Å². The Bertz CT molecular complexity index is 915. The molecule has 2 heterocycles. The summed E-state index contributed by atoms with van der Waals surface area (Å²) in [7, 11) is 0. The zero-order chi connectivity index (χ0) is 19.4. The van der Waals surface area contributed by atoms with E-state index < -0.39 is 0 Å². The molecule has 0 radical (unpaired) electrons. The van der Waals surface area contributed by atoms with Gasteiger partial charge in [-0.05, 0) is 19.8 Å². The van der Waals surface area contributed by atoms with Gasteiger partial charge in [-0.1, -0.05) is 55.4 Å². The van der Waals surface area contributed by atoms with Crippen molar-refractivity contribution in [2.24, 2.45) is 5.92 Å². The molecule has 1 amide bonds. The SMILES string of the molecule is Cc1ccc(-c2nnc(SCC(=O)Nc3nc(C)cs3)n2CC(C)C)cc1. The summed E-state index contributed by atoms with van der Waals surface area (Å²) >= 11 is 2.82. The van der Waals surface area contributed by atoms with Gasteiger partial charge in [-0.15, -0.1) is 21.5 Å². The topological polar surface area (TPSA) is 72.7 Å². The van der Waals surface area contributed by atoms with Crippen LogP contribution in [0.1, 0.15) is 25.1 Å². The summed E-state index contributed by atoms with van der Waals surface area (Å²) in [5.41, 5.74) is 3.14. The molecule has 3 rings (SSSR count). The molecule has 0 aliphatic heterocycles. The third-order valence-corrected chi connectivity index (χ3v) is 5.61. The van der Waals surface area contributed by atoms with E-state index in [4.69, 9.17) is 0 Å². The summed E-state index contributed by atoms with van der Waals surface area (Å²) in [5.74, 6) is 1.45. The number of thiazole rings is 1. The second kappa shape index (κ2) is 8.67. The van der Waals surface area contributed by atoms with E-state index in [0.717, 1.165) is 28.8 Å². The molecule has 1 N–H and O–H groups in total. The van der Waals surface area contributed by atoms with Gasteiger partial charge in [0.15, 0.2) is 16.1 Å². The van der Waals surface area contributed by atoms with Crippen LogP contribution < -0.4 is 5.32 Å². The van der Waals surface area contributed by atoms with E-state index in [9.17, 15) is 4.79 Å². The van der Waals surface area contributed by atoms with E-state index in [2.05, 4.69) is 70.1 Å². The summed E-state index contributed by atoms with van der Waals surface area (Å²) in [5, 5.41) is 14.8. The van der Waals surface area contributed by atoms with Gasteiger partial charge in [-0.2, -0.15) is 0 Å². The zero-order valence-corrected chi connectivity index (χ0v) is 17.5. The number of rotatable bonds is 7. The van der Waals surface area contributed by atoms with Crippen LogP contribution >= 0.6 is 23.1 Å². The van der Waals surface area contributed by atoms with Gasteiger partial charge in [0.05, 0.1) is 11.4 Å². The summed E-state index contributed by atoms with van der Waals surface area (Å²) in [4.78, 5) is 16.5. The smallest absolute Gasteiger partial charge is 0.236 e. The lowest BCUT2D eigenvalue weighted by atomic mass is 10.1. The van der Waals surface area contributed by atoms with E-state index in [-0.39, 0.29) is 11.7 Å².